The van der Waals surface area contributed by atoms with Gasteiger partial charge in [-0.05, 0) is 19.3 Å². The average molecular weight is 335 g/mol. The van der Waals surface area contributed by atoms with Gasteiger partial charge in [-0.3, -0.25) is 4.90 Å². The van der Waals surface area contributed by atoms with E-state index in [0.29, 0.717) is 18.0 Å². The molecule has 0 radical (unpaired) electrons. The molecule has 2 saturated heterocycles. The van der Waals surface area contributed by atoms with E-state index in [1.807, 2.05) is 6.07 Å². The van der Waals surface area contributed by atoms with Gasteiger partial charge in [0.05, 0.1) is 5.70 Å². The molecule has 0 bridgehead atoms. The summed E-state index contributed by atoms with van der Waals surface area (Å²) in [4.78, 5) is 2.56. The second-order valence-electron chi connectivity index (χ2n) is 7.07. The fraction of sp³-hybridized carbons (Fsp3) is 0.706. The SMILES string of the molecule is C=C(NC1CCN(C2CC[S+]([O-])CC2)C1)c1cc(C2CC2)on1. The maximum absolute atomic E-state index is 11.5. The molecule has 5 nitrogen and oxygen atoms in total. The van der Waals surface area contributed by atoms with Crippen molar-refractivity contribution in [2.45, 2.75) is 50.1 Å². The summed E-state index contributed by atoms with van der Waals surface area (Å²) in [7, 11) is 0. The van der Waals surface area contributed by atoms with Crippen LogP contribution in [0.4, 0.5) is 0 Å². The average Bonchev–Trinajstić information content (AvgIpc) is 3.10. The largest absolute Gasteiger partial charge is 0.616 e. The van der Waals surface area contributed by atoms with Crippen LogP contribution >= 0.6 is 0 Å². The van der Waals surface area contributed by atoms with Crippen LogP contribution in [0.25, 0.3) is 5.70 Å². The van der Waals surface area contributed by atoms with Gasteiger partial charge in [-0.2, -0.15) is 0 Å². The molecule has 3 fully saturated rings. The molecule has 1 aromatic heterocycles. The van der Waals surface area contributed by atoms with Gasteiger partial charge in [-0.25, -0.2) is 0 Å². The second-order valence-corrected chi connectivity index (χ2v) is 8.77. The van der Waals surface area contributed by atoms with Crippen LogP contribution in [0.1, 0.15) is 49.5 Å². The van der Waals surface area contributed by atoms with Crippen LogP contribution in [0.15, 0.2) is 17.2 Å². The minimum absolute atomic E-state index is 0.427. The standard InChI is InChI=1S/C17H25N3O2S/c1-12(16-10-17(22-19-16)13-2-3-13)18-14-4-7-20(11-14)15-5-8-23(21)9-6-15/h10,13-15,18H,1-9,11H2. The number of nitrogens with one attached hydrogen (secondary N) is 1. The highest BCUT2D eigenvalue weighted by Crippen LogP contribution is 2.40. The normalized spacial score (nSPS) is 32.1. The third kappa shape index (κ3) is 3.59. The van der Waals surface area contributed by atoms with Gasteiger partial charge < -0.3 is 14.4 Å². The molecule has 1 unspecified atom stereocenters. The number of hydrogen-bond acceptors (Lipinski definition) is 5. The lowest BCUT2D eigenvalue weighted by atomic mass is 10.1. The minimum Gasteiger partial charge on any atom is -0.616 e. The highest BCUT2D eigenvalue weighted by atomic mass is 32.2. The molecule has 126 valence electrons. The topological polar surface area (TPSA) is 64.4 Å². The molecule has 1 aliphatic carbocycles. The van der Waals surface area contributed by atoms with Gasteiger partial charge >= 0.3 is 0 Å². The van der Waals surface area contributed by atoms with Crippen LogP contribution < -0.4 is 5.32 Å². The lowest BCUT2D eigenvalue weighted by Gasteiger charge is -2.31. The Balaban J connectivity index is 1.28. The van der Waals surface area contributed by atoms with Gasteiger partial charge in [-0.1, -0.05) is 22.9 Å². The van der Waals surface area contributed by atoms with Gasteiger partial charge in [0.25, 0.3) is 0 Å². The van der Waals surface area contributed by atoms with Gasteiger partial charge in [0, 0.05) is 50.0 Å². The van der Waals surface area contributed by atoms with Gasteiger partial charge in [0.1, 0.15) is 23.0 Å². The molecular weight excluding hydrogens is 310 g/mol. The van der Waals surface area contributed by atoms with E-state index < -0.39 is 11.2 Å². The van der Waals surface area contributed by atoms with Crippen LogP contribution in [0, 0.1) is 0 Å². The van der Waals surface area contributed by atoms with Gasteiger partial charge in [0.15, 0.2) is 0 Å². The molecule has 1 aromatic rings. The number of hydrogen-bond donors (Lipinski definition) is 1. The summed E-state index contributed by atoms with van der Waals surface area (Å²) in [6, 6.07) is 3.08. The van der Waals surface area contributed by atoms with Crippen molar-refractivity contribution in [1.29, 1.82) is 0 Å². The molecule has 23 heavy (non-hydrogen) atoms. The lowest BCUT2D eigenvalue weighted by Crippen LogP contribution is -2.41. The Morgan fingerprint density at radius 1 is 1.30 bits per heavy atom. The van der Waals surface area contributed by atoms with E-state index in [4.69, 9.17) is 4.52 Å². The molecule has 4 rings (SSSR count). The predicted octanol–water partition coefficient (Wildman–Crippen LogP) is 2.10. The maximum atomic E-state index is 11.5. The maximum Gasteiger partial charge on any atom is 0.140 e. The quantitative estimate of drug-likeness (QED) is 0.835. The second kappa shape index (κ2) is 6.49. The molecule has 3 aliphatic rings. The Hall–Kier alpha value is -0.980. The van der Waals surface area contributed by atoms with Gasteiger partial charge in [-0.15, -0.1) is 0 Å². The first kappa shape index (κ1) is 15.5. The minimum atomic E-state index is -0.575. The van der Waals surface area contributed by atoms with E-state index in [0.717, 1.165) is 61.0 Å². The molecular formula is C17H25N3O2S. The van der Waals surface area contributed by atoms with E-state index in [2.05, 4.69) is 22.0 Å². The first-order chi connectivity index (χ1) is 11.2. The van der Waals surface area contributed by atoms with E-state index in [-0.39, 0.29) is 0 Å². The first-order valence-corrected chi connectivity index (χ1v) is 10.2. The Kier molecular flexibility index (Phi) is 4.39. The molecule has 0 amide bonds. The monoisotopic (exact) mass is 335 g/mol. The Morgan fingerprint density at radius 3 is 2.83 bits per heavy atom. The van der Waals surface area contributed by atoms with Crippen LogP contribution in [-0.2, 0) is 11.2 Å². The van der Waals surface area contributed by atoms with Gasteiger partial charge in [0.2, 0.25) is 0 Å². The Bertz CT molecular complexity index is 564. The molecule has 3 heterocycles. The smallest absolute Gasteiger partial charge is 0.140 e. The van der Waals surface area contributed by atoms with E-state index >= 15 is 0 Å². The number of likely N-dealkylation sites (tertiary alicyclic amines) is 1. The van der Waals surface area contributed by atoms with Crippen molar-refractivity contribution in [1.82, 2.24) is 15.4 Å². The zero-order valence-electron chi connectivity index (χ0n) is 13.5. The zero-order chi connectivity index (χ0) is 15.8. The van der Waals surface area contributed by atoms with Crippen molar-refractivity contribution in [3.8, 4) is 0 Å². The highest BCUT2D eigenvalue weighted by molar-refractivity contribution is 7.91. The van der Waals surface area contributed by atoms with Crippen LogP contribution in [0.2, 0.25) is 0 Å². The van der Waals surface area contributed by atoms with Crippen molar-refractivity contribution >= 4 is 16.9 Å². The third-order valence-corrected chi connectivity index (χ3v) is 6.67. The van der Waals surface area contributed by atoms with Crippen molar-refractivity contribution < 1.29 is 9.08 Å². The Morgan fingerprint density at radius 2 is 2.09 bits per heavy atom. The summed E-state index contributed by atoms with van der Waals surface area (Å²) in [6.45, 7) is 6.30. The number of aromatic nitrogens is 1. The summed E-state index contributed by atoms with van der Waals surface area (Å²) < 4.78 is 16.9. The van der Waals surface area contributed by atoms with Crippen LogP contribution in [0.3, 0.4) is 0 Å². The van der Waals surface area contributed by atoms with E-state index in [1.54, 1.807) is 0 Å². The fourth-order valence-corrected chi connectivity index (χ4v) is 4.97. The molecule has 6 heteroatoms. The summed E-state index contributed by atoms with van der Waals surface area (Å²) in [5.41, 5.74) is 1.72. The van der Waals surface area contributed by atoms with Crippen molar-refractivity contribution in [2.24, 2.45) is 0 Å². The van der Waals surface area contributed by atoms with Crippen molar-refractivity contribution in [3.63, 3.8) is 0 Å². The summed E-state index contributed by atoms with van der Waals surface area (Å²) >= 11 is -0.575. The summed E-state index contributed by atoms with van der Waals surface area (Å²) in [5, 5.41) is 7.68. The molecule has 0 aromatic carbocycles. The third-order valence-electron chi connectivity index (χ3n) is 5.29. The van der Waals surface area contributed by atoms with Crippen molar-refractivity contribution in [3.05, 3.63) is 24.1 Å². The van der Waals surface area contributed by atoms with Crippen molar-refractivity contribution in [2.75, 3.05) is 24.6 Å². The number of rotatable bonds is 5. The predicted molar refractivity (Wildman–Crippen MR) is 91.5 cm³/mol. The van der Waals surface area contributed by atoms with Crippen LogP contribution in [-0.4, -0.2) is 51.3 Å². The Labute approximate surface area is 140 Å². The van der Waals surface area contributed by atoms with Crippen LogP contribution in [0.5, 0.6) is 0 Å². The van der Waals surface area contributed by atoms with E-state index in [9.17, 15) is 4.55 Å². The first-order valence-electron chi connectivity index (χ1n) is 8.70. The molecule has 1 N–H and O–H groups in total. The number of nitrogens with zero attached hydrogens (tertiary/aromatic N) is 2. The lowest BCUT2D eigenvalue weighted by molar-refractivity contribution is 0.223. The zero-order valence-corrected chi connectivity index (χ0v) is 14.3. The molecule has 0 spiro atoms. The highest BCUT2D eigenvalue weighted by Gasteiger charge is 2.33. The molecule has 1 saturated carbocycles. The van der Waals surface area contributed by atoms with E-state index in [1.165, 1.54) is 12.8 Å². The summed E-state index contributed by atoms with van der Waals surface area (Å²) in [6.07, 6.45) is 5.73. The summed E-state index contributed by atoms with van der Waals surface area (Å²) in [5.74, 6) is 3.33. The molecule has 2 aliphatic heterocycles. The fourth-order valence-electron chi connectivity index (χ4n) is 3.70. The molecule has 1 atom stereocenters.